The number of hydrogen-bond donors (Lipinski definition) is 1. The van der Waals surface area contributed by atoms with E-state index in [4.69, 9.17) is 23.2 Å². The molecule has 0 heterocycles. The number of amides is 2. The molecule has 2 aromatic carbocycles. The van der Waals surface area contributed by atoms with Gasteiger partial charge in [-0.05, 0) is 49.9 Å². The van der Waals surface area contributed by atoms with E-state index in [-0.39, 0.29) is 24.3 Å². The maximum Gasteiger partial charge on any atom is 0.242 e. The first-order chi connectivity index (χ1) is 14.8. The van der Waals surface area contributed by atoms with Crippen LogP contribution in [-0.4, -0.2) is 28.8 Å². The second-order valence-corrected chi connectivity index (χ2v) is 9.22. The Hall–Kier alpha value is -2.04. The Morgan fingerprint density at radius 2 is 1.65 bits per heavy atom. The molecular formula is C25H30Cl2N2O2. The van der Waals surface area contributed by atoms with E-state index in [1.54, 1.807) is 30.0 Å². The Labute approximate surface area is 194 Å². The number of aryl methyl sites for hydroxylation is 1. The van der Waals surface area contributed by atoms with Crippen molar-refractivity contribution >= 4 is 35.0 Å². The summed E-state index contributed by atoms with van der Waals surface area (Å²) in [7, 11) is 0. The summed E-state index contributed by atoms with van der Waals surface area (Å²) in [6, 6.07) is 12.8. The molecule has 0 spiro atoms. The van der Waals surface area contributed by atoms with Gasteiger partial charge in [0.2, 0.25) is 11.8 Å². The molecule has 2 amide bonds. The lowest BCUT2D eigenvalue weighted by atomic mass is 9.95. The summed E-state index contributed by atoms with van der Waals surface area (Å²) in [6.45, 7) is 4.16. The van der Waals surface area contributed by atoms with Crippen LogP contribution >= 0.6 is 23.2 Å². The van der Waals surface area contributed by atoms with Gasteiger partial charge >= 0.3 is 0 Å². The van der Waals surface area contributed by atoms with Crippen molar-refractivity contribution < 1.29 is 9.59 Å². The molecule has 0 saturated heterocycles. The number of carbonyl (C=O) groups excluding carboxylic acids is 2. The van der Waals surface area contributed by atoms with Gasteiger partial charge in [-0.15, -0.1) is 0 Å². The Balaban J connectivity index is 1.79. The van der Waals surface area contributed by atoms with Gasteiger partial charge in [0, 0.05) is 22.6 Å². The standard InChI is InChI=1S/C25H30Cl2N2O2/c1-17-11-13-19(14-12-17)16-29(18(2)25(31)28-20-7-4-3-5-8-20)24(30)15-21-22(26)9-6-10-23(21)27/h6,9-14,18,20H,3-5,7-8,15-16H2,1-2H3,(H,28,31)/t18-/m0/s1. The van der Waals surface area contributed by atoms with Gasteiger partial charge in [0.15, 0.2) is 0 Å². The van der Waals surface area contributed by atoms with Crippen LogP contribution in [0.3, 0.4) is 0 Å². The molecule has 2 aromatic rings. The second kappa shape index (κ2) is 11.0. The average Bonchev–Trinajstić information content (AvgIpc) is 2.76. The Bertz CT molecular complexity index is 888. The molecule has 0 bridgehead atoms. The minimum atomic E-state index is -0.600. The second-order valence-electron chi connectivity index (χ2n) is 8.40. The smallest absolute Gasteiger partial charge is 0.242 e. The van der Waals surface area contributed by atoms with E-state index < -0.39 is 6.04 Å². The lowest BCUT2D eigenvalue weighted by molar-refractivity contribution is -0.140. The van der Waals surface area contributed by atoms with E-state index in [1.807, 2.05) is 31.2 Å². The number of hydrogen-bond acceptors (Lipinski definition) is 2. The number of benzene rings is 2. The van der Waals surface area contributed by atoms with Crippen molar-refractivity contribution in [2.45, 2.75) is 71.0 Å². The minimum Gasteiger partial charge on any atom is -0.352 e. The molecule has 3 rings (SSSR count). The monoisotopic (exact) mass is 460 g/mol. The first-order valence-electron chi connectivity index (χ1n) is 10.9. The third kappa shape index (κ3) is 6.47. The molecule has 1 N–H and O–H groups in total. The predicted molar refractivity (Wildman–Crippen MR) is 126 cm³/mol. The predicted octanol–water partition coefficient (Wildman–Crippen LogP) is 5.71. The highest BCUT2D eigenvalue weighted by molar-refractivity contribution is 6.36. The number of carbonyl (C=O) groups is 2. The van der Waals surface area contributed by atoms with Crippen LogP contribution in [0.2, 0.25) is 10.0 Å². The molecule has 1 aliphatic carbocycles. The Morgan fingerprint density at radius 3 is 2.26 bits per heavy atom. The van der Waals surface area contributed by atoms with Crippen LogP contribution in [0.1, 0.15) is 55.7 Å². The van der Waals surface area contributed by atoms with E-state index in [1.165, 1.54) is 6.42 Å². The molecule has 0 unspecified atom stereocenters. The van der Waals surface area contributed by atoms with Crippen LogP contribution in [0, 0.1) is 6.92 Å². The minimum absolute atomic E-state index is 0.0470. The SMILES string of the molecule is Cc1ccc(CN(C(=O)Cc2c(Cl)cccc2Cl)[C@@H](C)C(=O)NC2CCCCC2)cc1. The van der Waals surface area contributed by atoms with Crippen molar-refractivity contribution in [2.75, 3.05) is 0 Å². The van der Waals surface area contributed by atoms with E-state index in [0.717, 1.165) is 36.8 Å². The van der Waals surface area contributed by atoms with Gasteiger partial charge in [0.05, 0.1) is 6.42 Å². The fraction of sp³-hybridized carbons (Fsp3) is 0.440. The fourth-order valence-corrected chi connectivity index (χ4v) is 4.53. The summed E-state index contributed by atoms with van der Waals surface area (Å²) < 4.78 is 0. The molecule has 1 atom stereocenters. The highest BCUT2D eigenvalue weighted by atomic mass is 35.5. The molecule has 0 aromatic heterocycles. The molecule has 4 nitrogen and oxygen atoms in total. The van der Waals surface area contributed by atoms with Crippen molar-refractivity contribution in [3.8, 4) is 0 Å². The maximum absolute atomic E-state index is 13.4. The average molecular weight is 461 g/mol. The van der Waals surface area contributed by atoms with E-state index >= 15 is 0 Å². The van der Waals surface area contributed by atoms with Crippen LogP contribution in [0.5, 0.6) is 0 Å². The zero-order chi connectivity index (χ0) is 22.4. The highest BCUT2D eigenvalue weighted by Crippen LogP contribution is 2.26. The first-order valence-corrected chi connectivity index (χ1v) is 11.7. The van der Waals surface area contributed by atoms with Gasteiger partial charge in [-0.1, -0.05) is 78.4 Å². The van der Waals surface area contributed by atoms with E-state index in [0.29, 0.717) is 22.2 Å². The molecule has 0 radical (unpaired) electrons. The highest BCUT2D eigenvalue weighted by Gasteiger charge is 2.28. The lowest BCUT2D eigenvalue weighted by Crippen LogP contribution is -2.50. The molecular weight excluding hydrogens is 431 g/mol. The quantitative estimate of drug-likeness (QED) is 0.574. The van der Waals surface area contributed by atoms with Crippen LogP contribution in [0.25, 0.3) is 0 Å². The van der Waals surface area contributed by atoms with Crippen molar-refractivity contribution in [3.63, 3.8) is 0 Å². The van der Waals surface area contributed by atoms with Crippen molar-refractivity contribution in [3.05, 3.63) is 69.2 Å². The molecule has 31 heavy (non-hydrogen) atoms. The molecule has 166 valence electrons. The molecule has 1 fully saturated rings. The number of nitrogens with one attached hydrogen (secondary N) is 1. The van der Waals surface area contributed by atoms with Crippen LogP contribution in [0.4, 0.5) is 0 Å². The van der Waals surface area contributed by atoms with Crippen LogP contribution in [0.15, 0.2) is 42.5 Å². The molecule has 6 heteroatoms. The van der Waals surface area contributed by atoms with Gasteiger partial charge in [-0.3, -0.25) is 9.59 Å². The van der Waals surface area contributed by atoms with Crippen molar-refractivity contribution in [2.24, 2.45) is 0 Å². The topological polar surface area (TPSA) is 49.4 Å². The van der Waals surface area contributed by atoms with Gasteiger partial charge < -0.3 is 10.2 Å². The van der Waals surface area contributed by atoms with Gasteiger partial charge in [0.1, 0.15) is 6.04 Å². The summed E-state index contributed by atoms with van der Waals surface area (Å²) in [5, 5.41) is 4.06. The van der Waals surface area contributed by atoms with Crippen molar-refractivity contribution in [1.82, 2.24) is 10.2 Å². The van der Waals surface area contributed by atoms with Gasteiger partial charge in [-0.2, -0.15) is 0 Å². The molecule has 1 aliphatic rings. The summed E-state index contributed by atoms with van der Waals surface area (Å²) >= 11 is 12.6. The maximum atomic E-state index is 13.4. The number of nitrogens with zero attached hydrogens (tertiary/aromatic N) is 1. The Kier molecular flexibility index (Phi) is 8.39. The molecule has 0 aliphatic heterocycles. The summed E-state index contributed by atoms with van der Waals surface area (Å²) in [5.41, 5.74) is 2.71. The third-order valence-electron chi connectivity index (χ3n) is 5.98. The van der Waals surface area contributed by atoms with Crippen molar-refractivity contribution in [1.29, 1.82) is 0 Å². The van der Waals surface area contributed by atoms with Gasteiger partial charge in [0.25, 0.3) is 0 Å². The van der Waals surface area contributed by atoms with Gasteiger partial charge in [-0.25, -0.2) is 0 Å². The van der Waals surface area contributed by atoms with E-state index in [2.05, 4.69) is 5.32 Å². The zero-order valence-corrected chi connectivity index (χ0v) is 19.7. The summed E-state index contributed by atoms with van der Waals surface area (Å²) in [5.74, 6) is -0.292. The fourth-order valence-electron chi connectivity index (χ4n) is 4.00. The number of halogens is 2. The first kappa shape index (κ1) is 23.6. The lowest BCUT2D eigenvalue weighted by Gasteiger charge is -2.31. The number of rotatable bonds is 7. The van der Waals surface area contributed by atoms with Crippen LogP contribution in [-0.2, 0) is 22.6 Å². The van der Waals surface area contributed by atoms with Crippen LogP contribution < -0.4 is 5.32 Å². The normalized spacial score (nSPS) is 15.4. The Morgan fingerprint density at radius 1 is 1.03 bits per heavy atom. The van der Waals surface area contributed by atoms with E-state index in [9.17, 15) is 9.59 Å². The summed E-state index contributed by atoms with van der Waals surface area (Å²) in [6.07, 6.45) is 5.54. The third-order valence-corrected chi connectivity index (χ3v) is 6.69. The largest absolute Gasteiger partial charge is 0.352 e. The molecule has 1 saturated carbocycles. The summed E-state index contributed by atoms with van der Waals surface area (Å²) in [4.78, 5) is 28.0. The zero-order valence-electron chi connectivity index (χ0n) is 18.2.